The van der Waals surface area contributed by atoms with E-state index in [-0.39, 0.29) is 0 Å². The maximum absolute atomic E-state index is 5.83. The monoisotopic (exact) mass is 398 g/mol. The number of aryl methyl sites for hydroxylation is 1. The summed E-state index contributed by atoms with van der Waals surface area (Å²) in [5, 5.41) is 3.10. The lowest BCUT2D eigenvalue weighted by Gasteiger charge is -2.14. The third-order valence-corrected chi connectivity index (χ3v) is 6.29. The molecule has 6 heteroatoms. The van der Waals surface area contributed by atoms with Crippen LogP contribution in [0.25, 0.3) is 21.8 Å². The van der Waals surface area contributed by atoms with Crippen molar-refractivity contribution in [2.24, 2.45) is 0 Å². The Kier molecular flexibility index (Phi) is 5.42. The highest BCUT2D eigenvalue weighted by Gasteiger charge is 2.20. The second-order valence-corrected chi connectivity index (χ2v) is 8.00. The summed E-state index contributed by atoms with van der Waals surface area (Å²) in [7, 11) is 3.29. The van der Waals surface area contributed by atoms with Gasteiger partial charge >= 0.3 is 0 Å². The van der Waals surface area contributed by atoms with Gasteiger partial charge in [0.15, 0.2) is 11.5 Å². The minimum absolute atomic E-state index is 0.329. The van der Waals surface area contributed by atoms with Gasteiger partial charge in [-0.15, -0.1) is 11.3 Å². The first kappa shape index (κ1) is 19.0. The first-order valence-corrected chi connectivity index (χ1v) is 10.4. The van der Waals surface area contributed by atoms with Crippen LogP contribution in [0.1, 0.15) is 24.2 Å². The maximum atomic E-state index is 5.83. The molecule has 148 valence electrons. The van der Waals surface area contributed by atoms with Crippen molar-refractivity contribution in [2.75, 3.05) is 20.8 Å². The Morgan fingerprint density at radius 3 is 2.71 bits per heavy atom. The fraction of sp³-hybridized carbons (Fsp3) is 0.409. The number of ether oxygens (including phenoxy) is 3. The summed E-state index contributed by atoms with van der Waals surface area (Å²) in [4.78, 5) is 4.91. The van der Waals surface area contributed by atoms with Gasteiger partial charge < -0.3 is 18.8 Å². The molecule has 0 saturated carbocycles. The Bertz CT molecular complexity index is 970. The summed E-state index contributed by atoms with van der Waals surface area (Å²) in [6, 6.07) is 8.15. The smallest absolute Gasteiger partial charge is 0.161 e. The molecule has 1 fully saturated rings. The van der Waals surface area contributed by atoms with Crippen LogP contribution < -0.4 is 9.47 Å². The first-order valence-electron chi connectivity index (χ1n) is 9.57. The molecule has 0 unspecified atom stereocenters. The van der Waals surface area contributed by atoms with E-state index in [0.29, 0.717) is 11.9 Å². The number of nitrogens with zero attached hydrogens (tertiary/aromatic N) is 2. The number of thiazole rings is 1. The lowest BCUT2D eigenvalue weighted by molar-refractivity contribution is 0.0962. The fourth-order valence-corrected chi connectivity index (χ4v) is 4.65. The maximum Gasteiger partial charge on any atom is 0.161 e. The van der Waals surface area contributed by atoms with Gasteiger partial charge in [0.05, 0.1) is 26.0 Å². The molecular formula is C22H26N2O3S. The number of hydrogen-bond acceptors (Lipinski definition) is 5. The summed E-state index contributed by atoms with van der Waals surface area (Å²) in [6.07, 6.45) is 2.64. The summed E-state index contributed by atoms with van der Waals surface area (Å²) in [6.45, 7) is 6.14. The minimum Gasteiger partial charge on any atom is -0.493 e. The van der Waals surface area contributed by atoms with Crippen LogP contribution in [0.3, 0.4) is 0 Å². The molecule has 5 nitrogen and oxygen atoms in total. The second kappa shape index (κ2) is 7.97. The van der Waals surface area contributed by atoms with Gasteiger partial charge in [-0.25, -0.2) is 4.98 Å². The van der Waals surface area contributed by atoms with Crippen molar-refractivity contribution in [1.82, 2.24) is 9.55 Å². The molecule has 1 aromatic carbocycles. The zero-order valence-corrected chi connectivity index (χ0v) is 17.6. The van der Waals surface area contributed by atoms with Crippen molar-refractivity contribution in [3.05, 3.63) is 41.0 Å². The van der Waals surface area contributed by atoms with Crippen LogP contribution in [0.4, 0.5) is 0 Å². The SMILES string of the molecule is COc1ccc(-c2nc(-c3cc(C)n(C[C@H]4CCCO4)c3C)cs2)cc1OC. The largest absolute Gasteiger partial charge is 0.493 e. The molecule has 4 rings (SSSR count). The zero-order valence-electron chi connectivity index (χ0n) is 16.8. The van der Waals surface area contributed by atoms with Gasteiger partial charge in [0.25, 0.3) is 0 Å². The van der Waals surface area contributed by atoms with E-state index >= 15 is 0 Å². The molecule has 2 aromatic heterocycles. The molecule has 1 aliphatic heterocycles. The first-order chi connectivity index (χ1) is 13.6. The van der Waals surface area contributed by atoms with Gasteiger partial charge in [0, 0.05) is 41.0 Å². The minimum atomic E-state index is 0.329. The number of methoxy groups -OCH3 is 2. The Hall–Kier alpha value is -2.31. The zero-order chi connectivity index (χ0) is 19.7. The lowest BCUT2D eigenvalue weighted by atomic mass is 10.2. The van der Waals surface area contributed by atoms with Gasteiger partial charge in [-0.2, -0.15) is 0 Å². The summed E-state index contributed by atoms with van der Waals surface area (Å²) in [5.74, 6) is 1.44. The van der Waals surface area contributed by atoms with Crippen LogP contribution in [0.5, 0.6) is 11.5 Å². The van der Waals surface area contributed by atoms with Crippen LogP contribution in [0.2, 0.25) is 0 Å². The number of benzene rings is 1. The van der Waals surface area contributed by atoms with Crippen LogP contribution in [0, 0.1) is 13.8 Å². The molecule has 0 spiro atoms. The lowest BCUT2D eigenvalue weighted by Crippen LogP contribution is -2.16. The molecule has 0 bridgehead atoms. The molecule has 3 heterocycles. The predicted octanol–water partition coefficient (Wildman–Crippen LogP) is 5.09. The molecule has 0 radical (unpaired) electrons. The normalized spacial score (nSPS) is 16.5. The van der Waals surface area contributed by atoms with Crippen molar-refractivity contribution in [3.8, 4) is 33.3 Å². The van der Waals surface area contributed by atoms with Crippen LogP contribution in [0.15, 0.2) is 29.6 Å². The quantitative estimate of drug-likeness (QED) is 0.580. The van der Waals surface area contributed by atoms with Crippen molar-refractivity contribution in [2.45, 2.75) is 39.3 Å². The van der Waals surface area contributed by atoms with Gasteiger partial charge in [0.1, 0.15) is 5.01 Å². The number of hydrogen-bond donors (Lipinski definition) is 0. The molecule has 28 heavy (non-hydrogen) atoms. The molecule has 1 atom stereocenters. The van der Waals surface area contributed by atoms with Gasteiger partial charge in [-0.05, 0) is 51.0 Å². The van der Waals surface area contributed by atoms with E-state index in [1.54, 1.807) is 25.6 Å². The van der Waals surface area contributed by atoms with Crippen LogP contribution in [-0.4, -0.2) is 36.5 Å². The third kappa shape index (κ3) is 3.54. The fourth-order valence-electron chi connectivity index (χ4n) is 3.83. The number of aromatic nitrogens is 2. The Morgan fingerprint density at radius 1 is 1.18 bits per heavy atom. The topological polar surface area (TPSA) is 45.5 Å². The summed E-state index contributed by atoms with van der Waals surface area (Å²) < 4.78 is 19.0. The van der Waals surface area contributed by atoms with Crippen molar-refractivity contribution in [1.29, 1.82) is 0 Å². The standard InChI is InChI=1S/C22H26N2O3S/c1-14-10-18(15(2)24(14)12-17-6-5-9-27-17)19-13-28-22(23-19)16-7-8-20(25-3)21(11-16)26-4/h7-8,10-11,13,17H,5-6,9,12H2,1-4H3/t17-/m1/s1. The Morgan fingerprint density at radius 2 is 2.00 bits per heavy atom. The van der Waals surface area contributed by atoms with E-state index in [2.05, 4.69) is 29.9 Å². The van der Waals surface area contributed by atoms with E-state index in [0.717, 1.165) is 48.0 Å². The molecular weight excluding hydrogens is 372 g/mol. The van der Waals surface area contributed by atoms with E-state index in [1.807, 2.05) is 18.2 Å². The summed E-state index contributed by atoms with van der Waals surface area (Å²) in [5.41, 5.74) is 5.74. The van der Waals surface area contributed by atoms with E-state index in [9.17, 15) is 0 Å². The Labute approximate surface area is 169 Å². The van der Waals surface area contributed by atoms with Crippen LogP contribution >= 0.6 is 11.3 Å². The molecule has 0 aliphatic carbocycles. The van der Waals surface area contributed by atoms with Crippen molar-refractivity contribution in [3.63, 3.8) is 0 Å². The van der Waals surface area contributed by atoms with Gasteiger partial charge in [-0.1, -0.05) is 0 Å². The van der Waals surface area contributed by atoms with Gasteiger partial charge in [-0.3, -0.25) is 0 Å². The highest BCUT2D eigenvalue weighted by atomic mass is 32.1. The molecule has 1 aliphatic rings. The van der Waals surface area contributed by atoms with E-state index in [4.69, 9.17) is 19.2 Å². The number of rotatable bonds is 6. The highest BCUT2D eigenvalue weighted by molar-refractivity contribution is 7.13. The van der Waals surface area contributed by atoms with E-state index < -0.39 is 0 Å². The molecule has 1 saturated heterocycles. The average molecular weight is 399 g/mol. The highest BCUT2D eigenvalue weighted by Crippen LogP contribution is 2.36. The molecule has 0 amide bonds. The summed E-state index contributed by atoms with van der Waals surface area (Å²) >= 11 is 1.65. The van der Waals surface area contributed by atoms with Gasteiger partial charge in [0.2, 0.25) is 0 Å². The van der Waals surface area contributed by atoms with Crippen molar-refractivity contribution < 1.29 is 14.2 Å². The predicted molar refractivity (Wildman–Crippen MR) is 113 cm³/mol. The van der Waals surface area contributed by atoms with Crippen LogP contribution in [-0.2, 0) is 11.3 Å². The average Bonchev–Trinajstić information content (AvgIpc) is 3.45. The van der Waals surface area contributed by atoms with Crippen molar-refractivity contribution >= 4 is 11.3 Å². The Balaban J connectivity index is 1.63. The van der Waals surface area contributed by atoms with E-state index in [1.165, 1.54) is 17.0 Å². The third-order valence-electron chi connectivity index (χ3n) is 5.39. The molecule has 3 aromatic rings. The second-order valence-electron chi connectivity index (χ2n) is 7.14. The molecule has 0 N–H and O–H groups in total.